The van der Waals surface area contributed by atoms with Crippen molar-refractivity contribution in [3.8, 4) is 11.5 Å². The molecule has 4 rings (SSSR count). The molecule has 2 unspecified atom stereocenters. The summed E-state index contributed by atoms with van der Waals surface area (Å²) >= 11 is 0. The largest absolute Gasteiger partial charge is 0.488 e. The summed E-state index contributed by atoms with van der Waals surface area (Å²) in [6, 6.07) is 14.9. The second kappa shape index (κ2) is 7.08. The van der Waals surface area contributed by atoms with Gasteiger partial charge < -0.3 is 8.92 Å². The molecule has 6 heteroatoms. The van der Waals surface area contributed by atoms with Crippen molar-refractivity contribution in [3.05, 3.63) is 59.7 Å². The fourth-order valence-electron chi connectivity index (χ4n) is 4.20. The summed E-state index contributed by atoms with van der Waals surface area (Å²) in [5.74, 6) is 1.04. The molecule has 1 saturated heterocycles. The lowest BCUT2D eigenvalue weighted by molar-refractivity contribution is 0.0358. The van der Waals surface area contributed by atoms with Gasteiger partial charge in [0.05, 0.1) is 0 Å². The molecule has 0 aliphatic carbocycles. The van der Waals surface area contributed by atoms with Gasteiger partial charge in [0.15, 0.2) is 0 Å². The van der Waals surface area contributed by atoms with Crippen LogP contribution in [0.5, 0.6) is 11.5 Å². The van der Waals surface area contributed by atoms with Gasteiger partial charge >= 0.3 is 10.1 Å². The number of hydrogen-bond acceptors (Lipinski definition) is 5. The van der Waals surface area contributed by atoms with E-state index in [9.17, 15) is 8.42 Å². The van der Waals surface area contributed by atoms with Gasteiger partial charge in [0.25, 0.3) is 0 Å². The summed E-state index contributed by atoms with van der Waals surface area (Å²) in [5.41, 5.74) is 1.64. The Morgan fingerprint density at radius 1 is 1.21 bits per heavy atom. The molecular formula is C22H27NO4S. The van der Waals surface area contributed by atoms with Crippen LogP contribution in [-0.2, 0) is 21.3 Å². The molecule has 2 aromatic rings. The Kier molecular flexibility index (Phi) is 4.88. The van der Waals surface area contributed by atoms with E-state index in [0.29, 0.717) is 17.4 Å². The molecule has 0 bridgehead atoms. The molecule has 2 heterocycles. The molecule has 2 atom stereocenters. The molecular weight excluding hydrogens is 374 g/mol. The number of ether oxygens (including phenoxy) is 1. The normalized spacial score (nSPS) is 24.5. The Hall–Kier alpha value is -2.05. The first kappa shape index (κ1) is 19.3. The first-order valence-corrected chi connectivity index (χ1v) is 11.4. The highest BCUT2D eigenvalue weighted by Crippen LogP contribution is 2.48. The Balaban J connectivity index is 1.54. The first-order valence-electron chi connectivity index (χ1n) is 9.78. The van der Waals surface area contributed by atoms with E-state index >= 15 is 0 Å². The van der Waals surface area contributed by atoms with E-state index in [1.807, 2.05) is 30.3 Å². The summed E-state index contributed by atoms with van der Waals surface area (Å²) in [4.78, 5) is 2.43. The van der Waals surface area contributed by atoms with Crippen LogP contribution < -0.4 is 8.92 Å². The van der Waals surface area contributed by atoms with Gasteiger partial charge in [0, 0.05) is 23.6 Å². The Morgan fingerprint density at radius 3 is 2.68 bits per heavy atom. The molecule has 0 aromatic heterocycles. The van der Waals surface area contributed by atoms with Crippen LogP contribution in [0.25, 0.3) is 0 Å². The molecule has 0 amide bonds. The zero-order valence-corrected chi connectivity index (χ0v) is 17.4. The molecule has 0 spiro atoms. The van der Waals surface area contributed by atoms with Crippen LogP contribution in [0.2, 0.25) is 0 Å². The van der Waals surface area contributed by atoms with Gasteiger partial charge in [-0.1, -0.05) is 37.3 Å². The van der Waals surface area contributed by atoms with Crippen molar-refractivity contribution in [1.82, 2.24) is 4.90 Å². The first-order chi connectivity index (χ1) is 13.3. The fourth-order valence-corrected chi connectivity index (χ4v) is 5.26. The standard InChI is InChI=1S/C22H27NO4S/c1-16(2)23-12-11-22(3)19-13-18(9-10-20(19)26-21(22)14-23)27-28(24,25)15-17-7-5-4-6-8-17/h4-10,13,16,21H,11-12,14-15H2,1-3H3. The minimum absolute atomic E-state index is 0.0785. The number of likely N-dealkylation sites (tertiary alicyclic amines) is 1. The second-order valence-corrected chi connectivity index (χ2v) is 9.86. The Bertz CT molecular complexity index is 958. The molecule has 2 aliphatic heterocycles. The summed E-state index contributed by atoms with van der Waals surface area (Å²) in [5, 5.41) is 0. The molecule has 0 saturated carbocycles. The minimum atomic E-state index is -3.72. The molecule has 2 aliphatic rings. The van der Waals surface area contributed by atoms with Crippen LogP contribution in [0.15, 0.2) is 48.5 Å². The van der Waals surface area contributed by atoms with Crippen LogP contribution >= 0.6 is 0 Å². The number of fused-ring (bicyclic) bond motifs is 3. The van der Waals surface area contributed by atoms with Crippen LogP contribution in [-0.4, -0.2) is 38.6 Å². The fraction of sp³-hybridized carbons (Fsp3) is 0.455. The van der Waals surface area contributed by atoms with E-state index in [1.54, 1.807) is 18.2 Å². The summed E-state index contributed by atoms with van der Waals surface area (Å²) in [6.07, 6.45) is 1.05. The van der Waals surface area contributed by atoms with Crippen molar-refractivity contribution in [2.75, 3.05) is 13.1 Å². The number of hydrogen-bond donors (Lipinski definition) is 0. The van der Waals surface area contributed by atoms with Crippen molar-refractivity contribution in [3.63, 3.8) is 0 Å². The van der Waals surface area contributed by atoms with Crippen molar-refractivity contribution in [1.29, 1.82) is 0 Å². The smallest absolute Gasteiger partial charge is 0.313 e. The average molecular weight is 402 g/mol. The van der Waals surface area contributed by atoms with Gasteiger partial charge in [-0.25, -0.2) is 0 Å². The lowest BCUT2D eigenvalue weighted by Gasteiger charge is -2.42. The number of benzene rings is 2. The monoisotopic (exact) mass is 401 g/mol. The van der Waals surface area contributed by atoms with Crippen LogP contribution in [0.4, 0.5) is 0 Å². The lowest BCUT2D eigenvalue weighted by atomic mass is 9.73. The third-order valence-corrected chi connectivity index (χ3v) is 7.14. The average Bonchev–Trinajstić information content (AvgIpc) is 2.93. The van der Waals surface area contributed by atoms with Gasteiger partial charge in [0.1, 0.15) is 23.4 Å². The highest BCUT2D eigenvalue weighted by atomic mass is 32.2. The number of rotatable bonds is 5. The van der Waals surface area contributed by atoms with Crippen molar-refractivity contribution < 1.29 is 17.3 Å². The topological polar surface area (TPSA) is 55.8 Å². The minimum Gasteiger partial charge on any atom is -0.488 e. The molecule has 5 nitrogen and oxygen atoms in total. The van der Waals surface area contributed by atoms with Gasteiger partial charge in [-0.2, -0.15) is 8.42 Å². The lowest BCUT2D eigenvalue weighted by Crippen LogP contribution is -2.53. The van der Waals surface area contributed by atoms with E-state index in [-0.39, 0.29) is 17.3 Å². The summed E-state index contributed by atoms with van der Waals surface area (Å²) < 4.78 is 36.6. The molecule has 28 heavy (non-hydrogen) atoms. The predicted molar refractivity (Wildman–Crippen MR) is 109 cm³/mol. The van der Waals surface area contributed by atoms with E-state index < -0.39 is 10.1 Å². The van der Waals surface area contributed by atoms with Crippen LogP contribution in [0.1, 0.15) is 38.3 Å². The van der Waals surface area contributed by atoms with E-state index in [4.69, 9.17) is 8.92 Å². The zero-order chi connectivity index (χ0) is 19.9. The van der Waals surface area contributed by atoms with Crippen molar-refractivity contribution >= 4 is 10.1 Å². The van der Waals surface area contributed by atoms with Gasteiger partial charge in [0.2, 0.25) is 0 Å². The van der Waals surface area contributed by atoms with Gasteiger partial charge in [-0.05, 0) is 50.6 Å². The Labute approximate surface area is 167 Å². The highest BCUT2D eigenvalue weighted by Gasteiger charge is 2.49. The zero-order valence-electron chi connectivity index (χ0n) is 16.6. The summed E-state index contributed by atoms with van der Waals surface area (Å²) in [7, 11) is -3.72. The third kappa shape index (κ3) is 3.63. The van der Waals surface area contributed by atoms with E-state index in [2.05, 4.69) is 25.7 Å². The highest BCUT2D eigenvalue weighted by molar-refractivity contribution is 7.86. The van der Waals surface area contributed by atoms with Gasteiger partial charge in [-0.3, -0.25) is 4.90 Å². The quantitative estimate of drug-likeness (QED) is 0.715. The third-order valence-electron chi connectivity index (χ3n) is 6.00. The van der Waals surface area contributed by atoms with Crippen molar-refractivity contribution in [2.45, 2.75) is 50.5 Å². The predicted octanol–water partition coefficient (Wildman–Crippen LogP) is 3.73. The maximum atomic E-state index is 12.5. The molecule has 2 aromatic carbocycles. The SMILES string of the molecule is CC(C)N1CCC2(C)c3cc(OS(=O)(=O)Cc4ccccc4)ccc3OC2C1. The van der Waals surface area contributed by atoms with Crippen LogP contribution in [0.3, 0.4) is 0 Å². The molecule has 0 radical (unpaired) electrons. The van der Waals surface area contributed by atoms with Crippen LogP contribution in [0, 0.1) is 0 Å². The number of piperidine rings is 1. The maximum Gasteiger partial charge on any atom is 0.313 e. The number of nitrogens with zero attached hydrogens (tertiary/aromatic N) is 1. The maximum absolute atomic E-state index is 12.5. The van der Waals surface area contributed by atoms with Gasteiger partial charge in [-0.15, -0.1) is 0 Å². The van der Waals surface area contributed by atoms with E-state index in [1.165, 1.54) is 0 Å². The van der Waals surface area contributed by atoms with Crippen molar-refractivity contribution in [2.24, 2.45) is 0 Å². The Morgan fingerprint density at radius 2 is 1.96 bits per heavy atom. The summed E-state index contributed by atoms with van der Waals surface area (Å²) in [6.45, 7) is 8.50. The molecule has 150 valence electrons. The second-order valence-electron chi connectivity index (χ2n) is 8.29. The van der Waals surface area contributed by atoms with E-state index in [0.717, 1.165) is 30.8 Å². The molecule has 1 fully saturated rings. The molecule has 0 N–H and O–H groups in total.